The van der Waals surface area contributed by atoms with Crippen LogP contribution >= 0.6 is 0 Å². The second kappa shape index (κ2) is 11.6. The standard InChI is InChI=1S/C26H34F3NO/c27-26(28,29)31-25-17-15-24(16-18-25)23-13-11-21(12-14-23)5-2-1-4-20-7-9-22(10-8-20)6-3-19-30/h3,6,15-18,20-23H,1-2,4-5,7-14H2/t20-,21-,22-,23-. The van der Waals surface area contributed by atoms with Crippen LogP contribution < -0.4 is 4.74 Å². The second-order valence-electron chi connectivity index (χ2n) is 9.39. The van der Waals surface area contributed by atoms with E-state index in [1.807, 2.05) is 0 Å². The Kier molecular flexibility index (Phi) is 8.87. The van der Waals surface area contributed by atoms with Gasteiger partial charge in [-0.3, -0.25) is 0 Å². The molecule has 0 atom stereocenters. The first-order valence-electron chi connectivity index (χ1n) is 11.8. The molecule has 0 aromatic heterocycles. The number of hydrogen-bond acceptors (Lipinski definition) is 2. The van der Waals surface area contributed by atoms with Gasteiger partial charge in [-0.25, -0.2) is 0 Å². The molecule has 0 spiro atoms. The van der Waals surface area contributed by atoms with Gasteiger partial charge in [0.05, 0.1) is 6.07 Å². The van der Waals surface area contributed by atoms with E-state index in [1.165, 1.54) is 76.3 Å². The summed E-state index contributed by atoms with van der Waals surface area (Å²) in [5, 5.41) is 8.64. The Balaban J connectivity index is 1.29. The molecule has 2 nitrogen and oxygen atoms in total. The Hall–Kier alpha value is -1.96. The van der Waals surface area contributed by atoms with E-state index in [9.17, 15) is 13.2 Å². The van der Waals surface area contributed by atoms with Crippen molar-refractivity contribution in [3.05, 3.63) is 42.0 Å². The van der Waals surface area contributed by atoms with Gasteiger partial charge >= 0.3 is 6.36 Å². The molecule has 1 aromatic carbocycles. The van der Waals surface area contributed by atoms with Crippen molar-refractivity contribution in [3.8, 4) is 11.8 Å². The summed E-state index contributed by atoms with van der Waals surface area (Å²) in [5.74, 6) is 2.60. The number of alkyl halides is 3. The minimum Gasteiger partial charge on any atom is -0.406 e. The Morgan fingerprint density at radius 3 is 1.94 bits per heavy atom. The quantitative estimate of drug-likeness (QED) is 0.305. The Bertz CT molecular complexity index is 719. The minimum absolute atomic E-state index is 0.142. The van der Waals surface area contributed by atoms with Gasteiger partial charge in [0.2, 0.25) is 0 Å². The number of unbranched alkanes of at least 4 members (excludes halogenated alkanes) is 1. The highest BCUT2D eigenvalue weighted by atomic mass is 19.4. The molecule has 5 heteroatoms. The average molecular weight is 434 g/mol. The van der Waals surface area contributed by atoms with E-state index in [1.54, 1.807) is 18.2 Å². The molecule has 3 rings (SSSR count). The van der Waals surface area contributed by atoms with Crippen LogP contribution in [0.25, 0.3) is 0 Å². The molecule has 0 bridgehead atoms. The smallest absolute Gasteiger partial charge is 0.406 e. The van der Waals surface area contributed by atoms with Crippen molar-refractivity contribution in [2.75, 3.05) is 0 Å². The largest absolute Gasteiger partial charge is 0.573 e. The summed E-state index contributed by atoms with van der Waals surface area (Å²) in [7, 11) is 0. The molecular formula is C26H34F3NO. The van der Waals surface area contributed by atoms with E-state index in [-0.39, 0.29) is 5.75 Å². The van der Waals surface area contributed by atoms with Crippen LogP contribution in [0, 0.1) is 29.1 Å². The van der Waals surface area contributed by atoms with Crippen molar-refractivity contribution in [2.24, 2.45) is 17.8 Å². The maximum Gasteiger partial charge on any atom is 0.573 e. The number of rotatable bonds is 8. The van der Waals surface area contributed by atoms with Crippen LogP contribution in [0.1, 0.15) is 88.5 Å². The normalized spacial score (nSPS) is 27.2. The summed E-state index contributed by atoms with van der Waals surface area (Å²) >= 11 is 0. The van der Waals surface area contributed by atoms with Gasteiger partial charge in [-0.1, -0.05) is 43.9 Å². The zero-order chi connectivity index (χ0) is 22.1. The predicted octanol–water partition coefficient (Wildman–Crippen LogP) is 8.31. The molecule has 0 N–H and O–H groups in total. The van der Waals surface area contributed by atoms with Gasteiger partial charge in [-0.05, 0) is 92.7 Å². The fourth-order valence-electron chi connectivity index (χ4n) is 5.44. The minimum atomic E-state index is -4.63. The lowest BCUT2D eigenvalue weighted by Gasteiger charge is -2.29. The van der Waals surface area contributed by atoms with E-state index in [4.69, 9.17) is 5.26 Å². The number of hydrogen-bond donors (Lipinski definition) is 0. The van der Waals surface area contributed by atoms with Gasteiger partial charge in [-0.15, -0.1) is 13.2 Å². The molecule has 0 aliphatic heterocycles. The van der Waals surface area contributed by atoms with E-state index < -0.39 is 6.36 Å². The number of allylic oxidation sites excluding steroid dienone is 2. The van der Waals surface area contributed by atoms with Gasteiger partial charge in [0.1, 0.15) is 5.75 Å². The first-order valence-corrected chi connectivity index (χ1v) is 11.8. The van der Waals surface area contributed by atoms with Crippen LogP contribution in [0.15, 0.2) is 36.4 Å². The van der Waals surface area contributed by atoms with Gasteiger partial charge in [0, 0.05) is 6.08 Å². The molecule has 0 unspecified atom stereocenters. The lowest BCUT2D eigenvalue weighted by atomic mass is 9.76. The second-order valence-corrected chi connectivity index (χ2v) is 9.39. The Morgan fingerprint density at radius 1 is 0.871 bits per heavy atom. The molecule has 2 saturated carbocycles. The van der Waals surface area contributed by atoms with Crippen LogP contribution in [0.2, 0.25) is 0 Å². The molecule has 2 aliphatic rings. The summed E-state index contributed by atoms with van der Waals surface area (Å²) in [6.45, 7) is 0. The van der Waals surface area contributed by atoms with Crippen molar-refractivity contribution < 1.29 is 17.9 Å². The first kappa shape index (κ1) is 23.7. The summed E-state index contributed by atoms with van der Waals surface area (Å²) in [6, 6.07) is 8.54. The SMILES string of the molecule is N#CC=C[C@H]1CC[C@H](CCCC[C@H]2CC[C@H](c3ccc(OC(F)(F)F)cc3)CC2)CC1. The Labute approximate surface area is 184 Å². The molecule has 2 aliphatic carbocycles. The van der Waals surface area contributed by atoms with Crippen molar-refractivity contribution in [3.63, 3.8) is 0 Å². The van der Waals surface area contributed by atoms with Crippen LogP contribution in [-0.4, -0.2) is 6.36 Å². The summed E-state index contributed by atoms with van der Waals surface area (Å²) in [6.07, 6.45) is 14.2. The van der Waals surface area contributed by atoms with E-state index in [0.29, 0.717) is 11.8 Å². The highest BCUT2D eigenvalue weighted by Gasteiger charge is 2.31. The monoisotopic (exact) mass is 433 g/mol. The van der Waals surface area contributed by atoms with Crippen molar-refractivity contribution >= 4 is 0 Å². The fraction of sp³-hybridized carbons (Fsp3) is 0.654. The highest BCUT2D eigenvalue weighted by molar-refractivity contribution is 5.29. The zero-order valence-electron chi connectivity index (χ0n) is 18.2. The van der Waals surface area contributed by atoms with Gasteiger partial charge in [0.15, 0.2) is 0 Å². The zero-order valence-corrected chi connectivity index (χ0v) is 18.2. The Morgan fingerprint density at radius 2 is 1.42 bits per heavy atom. The maximum absolute atomic E-state index is 12.3. The van der Waals surface area contributed by atoms with E-state index in [2.05, 4.69) is 16.9 Å². The third-order valence-electron chi connectivity index (χ3n) is 7.24. The molecule has 0 radical (unpaired) electrons. The molecule has 0 amide bonds. The van der Waals surface area contributed by atoms with E-state index >= 15 is 0 Å². The molecule has 2 fully saturated rings. The molecule has 31 heavy (non-hydrogen) atoms. The molecular weight excluding hydrogens is 399 g/mol. The number of nitriles is 1. The van der Waals surface area contributed by atoms with Crippen molar-refractivity contribution in [1.29, 1.82) is 5.26 Å². The predicted molar refractivity (Wildman–Crippen MR) is 116 cm³/mol. The summed E-state index contributed by atoms with van der Waals surface area (Å²) in [5.41, 5.74) is 1.13. The van der Waals surface area contributed by atoms with Crippen LogP contribution in [0.3, 0.4) is 0 Å². The van der Waals surface area contributed by atoms with Crippen LogP contribution in [-0.2, 0) is 0 Å². The summed E-state index contributed by atoms with van der Waals surface area (Å²) < 4.78 is 40.8. The van der Waals surface area contributed by atoms with E-state index in [0.717, 1.165) is 30.2 Å². The number of ether oxygens (including phenoxy) is 1. The lowest BCUT2D eigenvalue weighted by molar-refractivity contribution is -0.274. The molecule has 0 saturated heterocycles. The van der Waals surface area contributed by atoms with Gasteiger partial charge < -0.3 is 4.74 Å². The number of halogens is 3. The fourth-order valence-corrected chi connectivity index (χ4v) is 5.44. The van der Waals surface area contributed by atoms with Crippen LogP contribution in [0.5, 0.6) is 5.75 Å². The van der Waals surface area contributed by atoms with Crippen LogP contribution in [0.4, 0.5) is 13.2 Å². The number of nitrogens with zero attached hydrogens (tertiary/aromatic N) is 1. The third kappa shape index (κ3) is 8.24. The third-order valence-corrected chi connectivity index (χ3v) is 7.24. The van der Waals surface area contributed by atoms with Crippen molar-refractivity contribution in [1.82, 2.24) is 0 Å². The maximum atomic E-state index is 12.3. The van der Waals surface area contributed by atoms with Crippen molar-refractivity contribution in [2.45, 2.75) is 89.3 Å². The molecule has 0 heterocycles. The first-order chi connectivity index (χ1) is 14.9. The molecule has 1 aromatic rings. The molecule has 170 valence electrons. The van der Waals surface area contributed by atoms with Gasteiger partial charge in [-0.2, -0.15) is 5.26 Å². The average Bonchev–Trinajstić information content (AvgIpc) is 2.76. The summed E-state index contributed by atoms with van der Waals surface area (Å²) in [4.78, 5) is 0. The number of benzene rings is 1. The van der Waals surface area contributed by atoms with Gasteiger partial charge in [0.25, 0.3) is 0 Å². The lowest BCUT2D eigenvalue weighted by Crippen LogP contribution is -2.17. The highest BCUT2D eigenvalue weighted by Crippen LogP contribution is 2.39. The topological polar surface area (TPSA) is 33.0 Å².